The Hall–Kier alpha value is -1.62. The van der Waals surface area contributed by atoms with Crippen LogP contribution in [0.4, 0.5) is 0 Å². The predicted octanol–water partition coefficient (Wildman–Crippen LogP) is 1.27. The summed E-state index contributed by atoms with van der Waals surface area (Å²) in [5, 5.41) is 17.5. The molecule has 1 aromatic heterocycles. The molecular formula is C11H15NO4. The highest BCUT2D eigenvalue weighted by Crippen LogP contribution is 2.19. The van der Waals surface area contributed by atoms with E-state index in [1.807, 2.05) is 13.8 Å². The molecule has 1 heterocycles. The molecule has 0 aliphatic rings. The Morgan fingerprint density at radius 3 is 2.69 bits per heavy atom. The average Bonchev–Trinajstić information content (AvgIpc) is 2.25. The molecule has 0 aliphatic carbocycles. The fourth-order valence-electron chi connectivity index (χ4n) is 1.17. The SMILES string of the molecule is CC(C)c1cc(C(=O)O)cc(OCCO)n1. The van der Waals surface area contributed by atoms with E-state index >= 15 is 0 Å². The van der Waals surface area contributed by atoms with Gasteiger partial charge < -0.3 is 14.9 Å². The summed E-state index contributed by atoms with van der Waals surface area (Å²) < 4.78 is 5.11. The molecule has 0 saturated heterocycles. The smallest absolute Gasteiger partial charge is 0.335 e. The van der Waals surface area contributed by atoms with E-state index in [0.29, 0.717) is 5.69 Å². The van der Waals surface area contributed by atoms with Crippen LogP contribution in [0.3, 0.4) is 0 Å². The van der Waals surface area contributed by atoms with Crippen LogP contribution in [0.5, 0.6) is 5.88 Å². The first-order chi connectivity index (χ1) is 7.54. The van der Waals surface area contributed by atoms with Crippen LogP contribution in [0, 0.1) is 0 Å². The van der Waals surface area contributed by atoms with Crippen LogP contribution in [-0.2, 0) is 0 Å². The molecule has 0 bridgehead atoms. The van der Waals surface area contributed by atoms with Gasteiger partial charge in [0.1, 0.15) is 6.61 Å². The minimum absolute atomic E-state index is 0.105. The number of rotatable bonds is 5. The number of carboxylic acid groups (broad SMARTS) is 1. The number of hydrogen-bond donors (Lipinski definition) is 2. The molecule has 0 aliphatic heterocycles. The Labute approximate surface area is 93.7 Å². The van der Waals surface area contributed by atoms with Crippen molar-refractivity contribution in [2.75, 3.05) is 13.2 Å². The standard InChI is InChI=1S/C11H15NO4/c1-7(2)9-5-8(11(14)15)6-10(12-9)16-4-3-13/h5-7,13H,3-4H2,1-2H3,(H,14,15). The van der Waals surface area contributed by atoms with E-state index < -0.39 is 5.97 Å². The lowest BCUT2D eigenvalue weighted by molar-refractivity contribution is 0.0696. The van der Waals surface area contributed by atoms with Crippen molar-refractivity contribution in [2.24, 2.45) is 0 Å². The summed E-state index contributed by atoms with van der Waals surface area (Å²) in [6, 6.07) is 2.88. The number of hydrogen-bond acceptors (Lipinski definition) is 4. The molecule has 0 aromatic carbocycles. The van der Waals surface area contributed by atoms with Gasteiger partial charge in [0, 0.05) is 11.8 Å². The lowest BCUT2D eigenvalue weighted by Crippen LogP contribution is -2.07. The Morgan fingerprint density at radius 1 is 1.50 bits per heavy atom. The normalized spacial score (nSPS) is 10.5. The average molecular weight is 225 g/mol. The molecule has 88 valence electrons. The van der Waals surface area contributed by atoms with Crippen LogP contribution in [0.25, 0.3) is 0 Å². The Bertz CT molecular complexity index is 376. The Kier molecular flexibility index (Phi) is 4.25. The highest BCUT2D eigenvalue weighted by molar-refractivity contribution is 5.88. The van der Waals surface area contributed by atoms with E-state index in [1.165, 1.54) is 12.1 Å². The van der Waals surface area contributed by atoms with Crippen LogP contribution in [0.1, 0.15) is 35.8 Å². The van der Waals surface area contributed by atoms with Gasteiger partial charge in [-0.25, -0.2) is 9.78 Å². The van der Waals surface area contributed by atoms with Crippen LogP contribution in [-0.4, -0.2) is 34.4 Å². The van der Waals surface area contributed by atoms with Gasteiger partial charge in [0.05, 0.1) is 12.2 Å². The maximum Gasteiger partial charge on any atom is 0.335 e. The quantitative estimate of drug-likeness (QED) is 0.789. The number of carboxylic acids is 1. The van der Waals surface area contributed by atoms with Crippen molar-refractivity contribution in [3.63, 3.8) is 0 Å². The van der Waals surface area contributed by atoms with Gasteiger partial charge in [-0.3, -0.25) is 0 Å². The van der Waals surface area contributed by atoms with Crippen molar-refractivity contribution in [2.45, 2.75) is 19.8 Å². The summed E-state index contributed by atoms with van der Waals surface area (Å²) in [5.74, 6) is -0.661. The third kappa shape index (κ3) is 3.20. The van der Waals surface area contributed by atoms with E-state index in [2.05, 4.69) is 4.98 Å². The van der Waals surface area contributed by atoms with Crippen LogP contribution >= 0.6 is 0 Å². The molecule has 0 unspecified atom stereocenters. The summed E-state index contributed by atoms with van der Waals surface area (Å²) >= 11 is 0. The molecule has 2 N–H and O–H groups in total. The number of aliphatic hydroxyl groups is 1. The van der Waals surface area contributed by atoms with Crippen molar-refractivity contribution in [1.82, 2.24) is 4.98 Å². The van der Waals surface area contributed by atoms with Gasteiger partial charge >= 0.3 is 5.97 Å². The lowest BCUT2D eigenvalue weighted by atomic mass is 10.1. The van der Waals surface area contributed by atoms with Crippen molar-refractivity contribution in [3.05, 3.63) is 23.4 Å². The number of aromatic nitrogens is 1. The molecule has 0 saturated carbocycles. The number of carbonyl (C=O) groups is 1. The minimum Gasteiger partial charge on any atom is -0.478 e. The number of nitrogens with zero attached hydrogens (tertiary/aromatic N) is 1. The maximum absolute atomic E-state index is 10.9. The van der Waals surface area contributed by atoms with Gasteiger partial charge in [0.15, 0.2) is 0 Å². The van der Waals surface area contributed by atoms with Crippen molar-refractivity contribution in [3.8, 4) is 5.88 Å². The lowest BCUT2D eigenvalue weighted by Gasteiger charge is -2.09. The molecule has 0 radical (unpaired) electrons. The van der Waals surface area contributed by atoms with E-state index in [4.69, 9.17) is 14.9 Å². The summed E-state index contributed by atoms with van der Waals surface area (Å²) in [5.41, 5.74) is 0.805. The van der Waals surface area contributed by atoms with Crippen molar-refractivity contribution >= 4 is 5.97 Å². The van der Waals surface area contributed by atoms with Gasteiger partial charge in [-0.05, 0) is 12.0 Å². The van der Waals surface area contributed by atoms with Crippen LogP contribution in [0.2, 0.25) is 0 Å². The molecule has 0 fully saturated rings. The summed E-state index contributed by atoms with van der Waals surface area (Å²) in [6.07, 6.45) is 0. The van der Waals surface area contributed by atoms with Gasteiger partial charge in [-0.2, -0.15) is 0 Å². The van der Waals surface area contributed by atoms with E-state index in [0.717, 1.165) is 0 Å². The molecule has 5 heteroatoms. The second kappa shape index (κ2) is 5.46. The first-order valence-corrected chi connectivity index (χ1v) is 5.03. The molecule has 0 spiro atoms. The number of aliphatic hydroxyl groups excluding tert-OH is 1. The fourth-order valence-corrected chi connectivity index (χ4v) is 1.17. The molecule has 5 nitrogen and oxygen atoms in total. The zero-order chi connectivity index (χ0) is 12.1. The van der Waals surface area contributed by atoms with Crippen molar-refractivity contribution < 1.29 is 19.7 Å². The van der Waals surface area contributed by atoms with Gasteiger partial charge in [-0.15, -0.1) is 0 Å². The van der Waals surface area contributed by atoms with Crippen molar-refractivity contribution in [1.29, 1.82) is 0 Å². The maximum atomic E-state index is 10.9. The third-order valence-electron chi connectivity index (χ3n) is 2.00. The first-order valence-electron chi connectivity index (χ1n) is 5.03. The second-order valence-electron chi connectivity index (χ2n) is 3.65. The largest absolute Gasteiger partial charge is 0.478 e. The molecule has 1 aromatic rings. The highest BCUT2D eigenvalue weighted by atomic mass is 16.5. The third-order valence-corrected chi connectivity index (χ3v) is 2.00. The summed E-state index contributed by atoms with van der Waals surface area (Å²) in [4.78, 5) is 15.0. The first kappa shape index (κ1) is 12.4. The zero-order valence-corrected chi connectivity index (χ0v) is 9.30. The zero-order valence-electron chi connectivity index (χ0n) is 9.30. The molecule has 0 atom stereocenters. The monoisotopic (exact) mass is 225 g/mol. The molecule has 16 heavy (non-hydrogen) atoms. The Balaban J connectivity index is 3.03. The molecular weight excluding hydrogens is 210 g/mol. The van der Waals surface area contributed by atoms with Gasteiger partial charge in [-0.1, -0.05) is 13.8 Å². The van der Waals surface area contributed by atoms with E-state index in [-0.39, 0.29) is 30.6 Å². The minimum atomic E-state index is -1.02. The highest BCUT2D eigenvalue weighted by Gasteiger charge is 2.11. The number of aromatic carboxylic acids is 1. The van der Waals surface area contributed by atoms with Crippen LogP contribution < -0.4 is 4.74 Å². The van der Waals surface area contributed by atoms with E-state index in [1.54, 1.807) is 0 Å². The number of pyridine rings is 1. The topological polar surface area (TPSA) is 79.7 Å². The Morgan fingerprint density at radius 2 is 2.19 bits per heavy atom. The predicted molar refractivity (Wildman–Crippen MR) is 57.9 cm³/mol. The van der Waals surface area contributed by atoms with Gasteiger partial charge in [0.25, 0.3) is 0 Å². The second-order valence-corrected chi connectivity index (χ2v) is 3.65. The summed E-state index contributed by atoms with van der Waals surface area (Å²) in [6.45, 7) is 3.82. The van der Waals surface area contributed by atoms with Gasteiger partial charge in [0.2, 0.25) is 5.88 Å². The molecule has 1 rings (SSSR count). The summed E-state index contributed by atoms with van der Waals surface area (Å²) in [7, 11) is 0. The van der Waals surface area contributed by atoms with E-state index in [9.17, 15) is 4.79 Å². The molecule has 0 amide bonds. The van der Waals surface area contributed by atoms with Crippen LogP contribution in [0.15, 0.2) is 12.1 Å². The number of ether oxygens (including phenoxy) is 1. The fraction of sp³-hybridized carbons (Fsp3) is 0.455.